The highest BCUT2D eigenvalue weighted by Crippen LogP contribution is 2.40. The Morgan fingerprint density at radius 3 is 2.71 bits per heavy atom. The summed E-state index contributed by atoms with van der Waals surface area (Å²) in [5.74, 6) is 0.184. The molecular weight excluding hydrogens is 260 g/mol. The first-order valence-electron chi connectivity index (χ1n) is 8.15. The SMILES string of the molecule is CNCCCC(=O)NCC1(c2cccc(C)c2)CCCC1. The average Bonchev–Trinajstić information content (AvgIpc) is 2.96. The lowest BCUT2D eigenvalue weighted by molar-refractivity contribution is -0.121. The first-order valence-corrected chi connectivity index (χ1v) is 8.15. The molecule has 0 bridgehead atoms. The molecular formula is C18H28N2O. The molecule has 3 nitrogen and oxygen atoms in total. The van der Waals surface area contributed by atoms with Crippen LogP contribution in [0.5, 0.6) is 0 Å². The largest absolute Gasteiger partial charge is 0.355 e. The third-order valence-corrected chi connectivity index (χ3v) is 4.65. The predicted molar refractivity (Wildman–Crippen MR) is 87.5 cm³/mol. The number of carbonyl (C=O) groups excluding carboxylic acids is 1. The van der Waals surface area contributed by atoms with Crippen molar-refractivity contribution in [1.29, 1.82) is 0 Å². The van der Waals surface area contributed by atoms with Crippen molar-refractivity contribution in [2.75, 3.05) is 20.1 Å². The Bertz CT molecular complexity index is 464. The quantitative estimate of drug-likeness (QED) is 0.757. The van der Waals surface area contributed by atoms with Crippen LogP contribution >= 0.6 is 0 Å². The van der Waals surface area contributed by atoms with E-state index in [0.717, 1.165) is 19.5 Å². The van der Waals surface area contributed by atoms with Crippen molar-refractivity contribution >= 4 is 5.91 Å². The van der Waals surface area contributed by atoms with Crippen LogP contribution < -0.4 is 10.6 Å². The van der Waals surface area contributed by atoms with Gasteiger partial charge in [0.15, 0.2) is 0 Å². The minimum Gasteiger partial charge on any atom is -0.355 e. The molecule has 1 aromatic rings. The highest BCUT2D eigenvalue weighted by Gasteiger charge is 2.35. The first-order chi connectivity index (χ1) is 10.2. The number of rotatable bonds is 7. The van der Waals surface area contributed by atoms with Crippen molar-refractivity contribution in [1.82, 2.24) is 10.6 Å². The average molecular weight is 288 g/mol. The summed E-state index contributed by atoms with van der Waals surface area (Å²) >= 11 is 0. The van der Waals surface area contributed by atoms with Crippen LogP contribution in [0.4, 0.5) is 0 Å². The van der Waals surface area contributed by atoms with Gasteiger partial charge < -0.3 is 10.6 Å². The molecule has 1 saturated carbocycles. The fraction of sp³-hybridized carbons (Fsp3) is 0.611. The minimum atomic E-state index is 0.157. The van der Waals surface area contributed by atoms with Crippen LogP contribution in [0, 0.1) is 6.92 Å². The number of hydrogen-bond donors (Lipinski definition) is 2. The Hall–Kier alpha value is -1.35. The van der Waals surface area contributed by atoms with Gasteiger partial charge in [0.05, 0.1) is 0 Å². The lowest BCUT2D eigenvalue weighted by atomic mass is 9.78. The van der Waals surface area contributed by atoms with E-state index in [9.17, 15) is 4.79 Å². The molecule has 1 aromatic carbocycles. The Morgan fingerprint density at radius 1 is 1.29 bits per heavy atom. The second kappa shape index (κ2) is 7.60. The molecule has 116 valence electrons. The molecule has 0 unspecified atom stereocenters. The molecule has 3 heteroatoms. The van der Waals surface area contributed by atoms with Crippen LogP contribution in [0.2, 0.25) is 0 Å². The van der Waals surface area contributed by atoms with Gasteiger partial charge in [0, 0.05) is 18.4 Å². The minimum absolute atomic E-state index is 0.157. The first kappa shape index (κ1) is 16.0. The summed E-state index contributed by atoms with van der Waals surface area (Å²) in [5.41, 5.74) is 2.86. The molecule has 1 aliphatic rings. The Balaban J connectivity index is 1.97. The highest BCUT2D eigenvalue weighted by molar-refractivity contribution is 5.76. The predicted octanol–water partition coefficient (Wildman–Crippen LogP) is 2.92. The van der Waals surface area contributed by atoms with E-state index >= 15 is 0 Å². The van der Waals surface area contributed by atoms with Gasteiger partial charge in [-0.2, -0.15) is 0 Å². The topological polar surface area (TPSA) is 41.1 Å². The fourth-order valence-corrected chi connectivity index (χ4v) is 3.38. The standard InChI is InChI=1S/C18H28N2O/c1-15-7-5-8-16(13-15)18(10-3-4-11-18)14-20-17(21)9-6-12-19-2/h5,7-8,13,19H,3-4,6,9-12,14H2,1-2H3,(H,20,21). The van der Waals surface area contributed by atoms with Crippen molar-refractivity contribution in [2.45, 2.75) is 50.9 Å². The van der Waals surface area contributed by atoms with E-state index in [1.807, 2.05) is 7.05 Å². The van der Waals surface area contributed by atoms with Crippen molar-refractivity contribution in [3.05, 3.63) is 35.4 Å². The van der Waals surface area contributed by atoms with Crippen LogP contribution in [0.1, 0.15) is 49.7 Å². The van der Waals surface area contributed by atoms with E-state index in [1.54, 1.807) is 0 Å². The van der Waals surface area contributed by atoms with E-state index in [0.29, 0.717) is 6.42 Å². The zero-order chi connectivity index (χ0) is 15.1. The van der Waals surface area contributed by atoms with Crippen molar-refractivity contribution in [3.8, 4) is 0 Å². The van der Waals surface area contributed by atoms with Crippen molar-refractivity contribution in [2.24, 2.45) is 0 Å². The summed E-state index contributed by atoms with van der Waals surface area (Å²) in [5, 5.41) is 6.26. The van der Waals surface area contributed by atoms with Crippen LogP contribution in [0.3, 0.4) is 0 Å². The van der Waals surface area contributed by atoms with Gasteiger partial charge >= 0.3 is 0 Å². The van der Waals surface area contributed by atoms with Gasteiger partial charge in [0.2, 0.25) is 5.91 Å². The molecule has 0 heterocycles. The molecule has 0 saturated heterocycles. The summed E-state index contributed by atoms with van der Waals surface area (Å²) in [6.07, 6.45) is 6.43. The van der Waals surface area contributed by atoms with E-state index in [1.165, 1.54) is 36.8 Å². The summed E-state index contributed by atoms with van der Waals surface area (Å²) < 4.78 is 0. The number of amides is 1. The lowest BCUT2D eigenvalue weighted by Crippen LogP contribution is -2.39. The van der Waals surface area contributed by atoms with Crippen LogP contribution in [0.15, 0.2) is 24.3 Å². The van der Waals surface area contributed by atoms with Crippen LogP contribution in [0.25, 0.3) is 0 Å². The summed E-state index contributed by atoms with van der Waals surface area (Å²) in [6.45, 7) is 3.83. The normalized spacial score (nSPS) is 16.9. The molecule has 0 spiro atoms. The molecule has 1 fully saturated rings. The van der Waals surface area contributed by atoms with Gasteiger partial charge in [-0.3, -0.25) is 4.79 Å². The Kier molecular flexibility index (Phi) is 5.80. The maximum atomic E-state index is 12.0. The van der Waals surface area contributed by atoms with Crippen molar-refractivity contribution < 1.29 is 4.79 Å². The molecule has 21 heavy (non-hydrogen) atoms. The second-order valence-electron chi connectivity index (χ2n) is 6.34. The zero-order valence-corrected chi connectivity index (χ0v) is 13.4. The Labute approximate surface area is 128 Å². The van der Waals surface area contributed by atoms with E-state index < -0.39 is 0 Å². The summed E-state index contributed by atoms with van der Waals surface area (Å²) in [6, 6.07) is 8.80. The number of benzene rings is 1. The Morgan fingerprint density at radius 2 is 2.05 bits per heavy atom. The molecule has 2 N–H and O–H groups in total. The number of nitrogens with one attached hydrogen (secondary N) is 2. The maximum absolute atomic E-state index is 12.0. The smallest absolute Gasteiger partial charge is 0.220 e. The summed E-state index contributed by atoms with van der Waals surface area (Å²) in [7, 11) is 1.92. The van der Waals surface area contributed by atoms with Gasteiger partial charge in [0.25, 0.3) is 0 Å². The zero-order valence-electron chi connectivity index (χ0n) is 13.4. The number of aryl methyl sites for hydroxylation is 1. The van der Waals surface area contributed by atoms with Crippen molar-refractivity contribution in [3.63, 3.8) is 0 Å². The monoisotopic (exact) mass is 288 g/mol. The number of hydrogen-bond acceptors (Lipinski definition) is 2. The third kappa shape index (κ3) is 4.31. The van der Waals surface area contributed by atoms with Gasteiger partial charge in [-0.05, 0) is 45.3 Å². The molecule has 0 radical (unpaired) electrons. The van der Waals surface area contributed by atoms with E-state index in [-0.39, 0.29) is 11.3 Å². The highest BCUT2D eigenvalue weighted by atomic mass is 16.1. The molecule has 2 rings (SSSR count). The van der Waals surface area contributed by atoms with Crippen LogP contribution in [-0.2, 0) is 10.2 Å². The second-order valence-corrected chi connectivity index (χ2v) is 6.34. The third-order valence-electron chi connectivity index (χ3n) is 4.65. The molecule has 0 aliphatic heterocycles. The lowest BCUT2D eigenvalue weighted by Gasteiger charge is -2.30. The molecule has 1 amide bonds. The van der Waals surface area contributed by atoms with Crippen LogP contribution in [-0.4, -0.2) is 26.0 Å². The molecule has 0 aromatic heterocycles. The van der Waals surface area contributed by atoms with Gasteiger partial charge in [0.1, 0.15) is 0 Å². The molecule has 0 atom stereocenters. The number of carbonyl (C=O) groups is 1. The molecule has 1 aliphatic carbocycles. The van der Waals surface area contributed by atoms with Gasteiger partial charge in [-0.25, -0.2) is 0 Å². The summed E-state index contributed by atoms with van der Waals surface area (Å²) in [4.78, 5) is 12.0. The van der Waals surface area contributed by atoms with E-state index in [4.69, 9.17) is 0 Å². The maximum Gasteiger partial charge on any atom is 0.220 e. The fourth-order valence-electron chi connectivity index (χ4n) is 3.38. The van der Waals surface area contributed by atoms with E-state index in [2.05, 4.69) is 41.8 Å². The van der Waals surface area contributed by atoms with Gasteiger partial charge in [-0.1, -0.05) is 42.7 Å². The van der Waals surface area contributed by atoms with Gasteiger partial charge in [-0.15, -0.1) is 0 Å².